The molecule has 0 amide bonds. The average molecular weight is 455 g/mol. The van der Waals surface area contributed by atoms with Crippen LogP contribution in [0.5, 0.6) is 23.0 Å². The van der Waals surface area contributed by atoms with Gasteiger partial charge in [-0.3, -0.25) is 9.98 Å². The number of hydrogen-bond donors (Lipinski definition) is 2. The summed E-state index contributed by atoms with van der Waals surface area (Å²) < 4.78 is 10.1. The highest BCUT2D eigenvalue weighted by molar-refractivity contribution is 5.85. The van der Waals surface area contributed by atoms with Crippen LogP contribution in [-0.4, -0.2) is 65.9 Å². The number of para-hydroxylation sites is 2. The van der Waals surface area contributed by atoms with Crippen molar-refractivity contribution in [1.82, 2.24) is 10.6 Å². The minimum Gasteiger partial charge on any atom is -0.870 e. The van der Waals surface area contributed by atoms with Gasteiger partial charge in [0.2, 0.25) is 0 Å². The number of nitrogens with zero attached hydrogens (tertiary/aromatic N) is 2. The number of methoxy groups -OCH3 is 2. The molecule has 0 bridgehead atoms. The maximum absolute atomic E-state index is 12.0. The van der Waals surface area contributed by atoms with E-state index in [1.54, 1.807) is 48.8 Å². The van der Waals surface area contributed by atoms with E-state index in [1.807, 2.05) is 0 Å². The topological polar surface area (TPSA) is 113 Å². The fourth-order valence-electron chi connectivity index (χ4n) is 3.10. The van der Waals surface area contributed by atoms with Crippen molar-refractivity contribution >= 4 is 12.4 Å². The van der Waals surface area contributed by atoms with E-state index in [0.29, 0.717) is 35.7 Å². The predicted octanol–water partition coefficient (Wildman–Crippen LogP) is 1.74. The minimum absolute atomic E-state index is 0.130. The van der Waals surface area contributed by atoms with E-state index in [1.165, 1.54) is 14.2 Å². The van der Waals surface area contributed by atoms with Crippen LogP contribution in [0.25, 0.3) is 0 Å². The summed E-state index contributed by atoms with van der Waals surface area (Å²) >= 11 is 0. The standard InChI is InChI=1S/C25H36N4O4/c1-32-22-10-3-8-20(24(22)30)18-28-16-6-14-26-12-5-13-27-15-7-17-29-19-21-9-4-11-23(33-2)25(21)31/h3-4,8-11,18-19,26-27,30-31H,5-7,12-17H2,1-2H3/p-2. The van der Waals surface area contributed by atoms with Crippen LogP contribution in [0.2, 0.25) is 0 Å². The first-order chi connectivity index (χ1) is 16.2. The van der Waals surface area contributed by atoms with Crippen molar-refractivity contribution in [1.29, 1.82) is 0 Å². The Kier molecular flexibility index (Phi) is 12.4. The van der Waals surface area contributed by atoms with Gasteiger partial charge >= 0.3 is 0 Å². The third-order valence-corrected chi connectivity index (χ3v) is 4.91. The molecule has 0 unspecified atom stereocenters. The molecule has 0 aliphatic rings. The number of rotatable bonds is 16. The number of hydrogen-bond acceptors (Lipinski definition) is 8. The van der Waals surface area contributed by atoms with Crippen LogP contribution in [0.4, 0.5) is 0 Å². The molecular formula is C25H34N4O4-2. The lowest BCUT2D eigenvalue weighted by atomic mass is 10.2. The van der Waals surface area contributed by atoms with Crippen molar-refractivity contribution in [2.24, 2.45) is 9.98 Å². The fourth-order valence-corrected chi connectivity index (χ4v) is 3.10. The minimum atomic E-state index is -0.130. The van der Waals surface area contributed by atoms with E-state index in [9.17, 15) is 10.2 Å². The van der Waals surface area contributed by atoms with Crippen LogP contribution in [0.15, 0.2) is 46.4 Å². The zero-order valence-corrected chi connectivity index (χ0v) is 19.5. The van der Waals surface area contributed by atoms with Gasteiger partial charge in [0, 0.05) is 25.5 Å². The van der Waals surface area contributed by atoms with E-state index < -0.39 is 0 Å². The lowest BCUT2D eigenvalue weighted by Gasteiger charge is -2.14. The summed E-state index contributed by atoms with van der Waals surface area (Å²) in [6.07, 6.45) is 6.11. The molecule has 0 radical (unpaired) electrons. The summed E-state index contributed by atoms with van der Waals surface area (Å²) in [7, 11) is 2.98. The van der Waals surface area contributed by atoms with Crippen LogP contribution in [-0.2, 0) is 0 Å². The Hall–Kier alpha value is -3.10. The number of benzene rings is 2. The van der Waals surface area contributed by atoms with Gasteiger partial charge < -0.3 is 30.3 Å². The van der Waals surface area contributed by atoms with Crippen LogP contribution >= 0.6 is 0 Å². The van der Waals surface area contributed by atoms with Crippen molar-refractivity contribution in [2.45, 2.75) is 19.3 Å². The maximum Gasteiger partial charge on any atom is 0.111 e. The number of aliphatic imine (C=N–C) groups is 2. The summed E-state index contributed by atoms with van der Waals surface area (Å²) in [6, 6.07) is 10.4. The fraction of sp³-hybridized carbons (Fsp3) is 0.440. The van der Waals surface area contributed by atoms with Gasteiger partial charge in [0.15, 0.2) is 0 Å². The number of ether oxygens (including phenoxy) is 2. The second kappa shape index (κ2) is 15.7. The quantitative estimate of drug-likeness (QED) is 0.295. The number of nitrogens with one attached hydrogen (secondary N) is 2. The molecule has 8 heteroatoms. The Balaban J connectivity index is 1.44. The molecule has 2 rings (SSSR count). The molecule has 2 aromatic carbocycles. The van der Waals surface area contributed by atoms with Gasteiger partial charge in [-0.2, -0.15) is 0 Å². The van der Waals surface area contributed by atoms with E-state index >= 15 is 0 Å². The third-order valence-electron chi connectivity index (χ3n) is 4.91. The molecule has 180 valence electrons. The summed E-state index contributed by atoms with van der Waals surface area (Å²) in [5.74, 6) is 0.422. The first kappa shape index (κ1) is 26.2. The molecule has 0 spiro atoms. The highest BCUT2D eigenvalue weighted by Crippen LogP contribution is 2.25. The molecule has 0 aromatic heterocycles. The largest absolute Gasteiger partial charge is 0.870 e. The molecule has 0 saturated heterocycles. The Bertz CT molecular complexity index is 815. The van der Waals surface area contributed by atoms with Gasteiger partial charge in [-0.05, 0) is 68.7 Å². The van der Waals surface area contributed by atoms with Crippen molar-refractivity contribution in [3.05, 3.63) is 47.5 Å². The van der Waals surface area contributed by atoms with Gasteiger partial charge in [0.1, 0.15) is 11.5 Å². The second-order valence-corrected chi connectivity index (χ2v) is 7.39. The van der Waals surface area contributed by atoms with Crippen molar-refractivity contribution < 1.29 is 19.7 Å². The first-order valence-corrected chi connectivity index (χ1v) is 11.3. The van der Waals surface area contributed by atoms with Crippen molar-refractivity contribution in [3.63, 3.8) is 0 Å². The Labute approximate surface area is 196 Å². The average Bonchev–Trinajstić information content (AvgIpc) is 2.83. The summed E-state index contributed by atoms with van der Waals surface area (Å²) in [4.78, 5) is 8.65. The normalized spacial score (nSPS) is 11.5. The van der Waals surface area contributed by atoms with Gasteiger partial charge in [0.05, 0.1) is 14.2 Å². The van der Waals surface area contributed by atoms with E-state index in [0.717, 1.165) is 45.4 Å². The van der Waals surface area contributed by atoms with Gasteiger partial charge in [0.25, 0.3) is 0 Å². The molecule has 0 heterocycles. The highest BCUT2D eigenvalue weighted by Gasteiger charge is 1.98. The summed E-state index contributed by atoms with van der Waals surface area (Å²) in [5, 5.41) is 30.8. The Morgan fingerprint density at radius 1 is 0.697 bits per heavy atom. The molecule has 0 aliphatic carbocycles. The second-order valence-electron chi connectivity index (χ2n) is 7.39. The Morgan fingerprint density at radius 2 is 1.12 bits per heavy atom. The van der Waals surface area contributed by atoms with E-state index in [4.69, 9.17) is 9.47 Å². The lowest BCUT2D eigenvalue weighted by Crippen LogP contribution is -2.23. The van der Waals surface area contributed by atoms with Crippen LogP contribution < -0.4 is 30.3 Å². The zero-order chi connectivity index (χ0) is 23.7. The highest BCUT2D eigenvalue weighted by atomic mass is 16.5. The van der Waals surface area contributed by atoms with Crippen molar-refractivity contribution in [3.8, 4) is 23.0 Å². The van der Waals surface area contributed by atoms with Crippen molar-refractivity contribution in [2.75, 3.05) is 53.5 Å². The molecule has 0 fully saturated rings. The molecule has 0 aliphatic heterocycles. The van der Waals surface area contributed by atoms with E-state index in [-0.39, 0.29) is 11.5 Å². The molecule has 33 heavy (non-hydrogen) atoms. The maximum atomic E-state index is 12.0. The van der Waals surface area contributed by atoms with Gasteiger partial charge in [-0.1, -0.05) is 35.8 Å². The summed E-state index contributed by atoms with van der Waals surface area (Å²) in [5.41, 5.74) is 1.10. The molecule has 2 N–H and O–H groups in total. The molecule has 0 atom stereocenters. The predicted molar refractivity (Wildman–Crippen MR) is 129 cm³/mol. The van der Waals surface area contributed by atoms with Gasteiger partial charge in [-0.15, -0.1) is 0 Å². The van der Waals surface area contributed by atoms with Crippen LogP contribution in [0, 0.1) is 0 Å². The van der Waals surface area contributed by atoms with E-state index in [2.05, 4.69) is 20.6 Å². The molecular weight excluding hydrogens is 420 g/mol. The molecule has 0 saturated carbocycles. The smallest absolute Gasteiger partial charge is 0.111 e. The lowest BCUT2D eigenvalue weighted by molar-refractivity contribution is -0.270. The molecule has 8 nitrogen and oxygen atoms in total. The van der Waals surface area contributed by atoms with Gasteiger partial charge in [-0.25, -0.2) is 0 Å². The third kappa shape index (κ3) is 9.51. The molecule has 2 aromatic rings. The Morgan fingerprint density at radius 3 is 1.55 bits per heavy atom. The SMILES string of the molecule is COc1cccc(C=NCCCNCCCNCCCN=Cc2cccc(OC)c2[O-])c1[O-]. The van der Waals surface area contributed by atoms with Crippen LogP contribution in [0.3, 0.4) is 0 Å². The first-order valence-electron chi connectivity index (χ1n) is 11.3. The zero-order valence-electron chi connectivity index (χ0n) is 19.5. The monoisotopic (exact) mass is 454 g/mol. The van der Waals surface area contributed by atoms with Crippen LogP contribution in [0.1, 0.15) is 30.4 Å². The summed E-state index contributed by atoms with van der Waals surface area (Å²) in [6.45, 7) is 5.01.